The SMILES string of the molecule is CC#CCCn1ccc2cc(CNC)ccc21. The summed E-state index contributed by atoms with van der Waals surface area (Å²) in [6.07, 6.45) is 3.06. The summed E-state index contributed by atoms with van der Waals surface area (Å²) in [7, 11) is 1.97. The van der Waals surface area contributed by atoms with Crippen LogP contribution in [0.3, 0.4) is 0 Å². The summed E-state index contributed by atoms with van der Waals surface area (Å²) in [4.78, 5) is 0. The molecule has 0 saturated heterocycles. The van der Waals surface area contributed by atoms with Crippen LogP contribution in [0.15, 0.2) is 30.5 Å². The molecule has 1 N–H and O–H groups in total. The molecule has 1 heterocycles. The summed E-state index contributed by atoms with van der Waals surface area (Å²) < 4.78 is 2.27. The summed E-state index contributed by atoms with van der Waals surface area (Å²) in [5.41, 5.74) is 2.62. The normalized spacial score (nSPS) is 10.2. The van der Waals surface area contributed by atoms with Crippen molar-refractivity contribution in [2.45, 2.75) is 26.4 Å². The third-order valence-corrected chi connectivity index (χ3v) is 2.87. The van der Waals surface area contributed by atoms with Crippen molar-refractivity contribution < 1.29 is 0 Å². The average Bonchev–Trinajstić information content (AvgIpc) is 2.73. The first-order valence-corrected chi connectivity index (χ1v) is 5.97. The largest absolute Gasteiger partial charge is 0.347 e. The van der Waals surface area contributed by atoms with Crippen molar-refractivity contribution in [3.05, 3.63) is 36.0 Å². The fourth-order valence-electron chi connectivity index (χ4n) is 2.06. The first-order chi connectivity index (χ1) is 8.35. The molecule has 0 aliphatic heterocycles. The van der Waals surface area contributed by atoms with Gasteiger partial charge < -0.3 is 9.88 Å². The fourth-order valence-corrected chi connectivity index (χ4v) is 2.06. The van der Waals surface area contributed by atoms with E-state index in [0.717, 1.165) is 19.5 Å². The number of nitrogens with zero attached hydrogens (tertiary/aromatic N) is 1. The third kappa shape index (κ3) is 2.69. The second-order valence-electron chi connectivity index (χ2n) is 4.11. The quantitative estimate of drug-likeness (QED) is 0.793. The first kappa shape index (κ1) is 11.8. The molecule has 1 aromatic heterocycles. The minimum absolute atomic E-state index is 0.915. The minimum Gasteiger partial charge on any atom is -0.347 e. The Morgan fingerprint density at radius 1 is 1.29 bits per heavy atom. The second kappa shape index (κ2) is 5.56. The standard InChI is InChI=1S/C15H18N2/c1-3-4-5-9-17-10-8-14-11-13(12-16-2)6-7-15(14)17/h6-8,10-11,16H,5,9,12H2,1-2H3. The number of fused-ring (bicyclic) bond motifs is 1. The monoisotopic (exact) mass is 226 g/mol. The molecule has 17 heavy (non-hydrogen) atoms. The van der Waals surface area contributed by atoms with Crippen LogP contribution < -0.4 is 5.32 Å². The van der Waals surface area contributed by atoms with Crippen LogP contribution in [0.2, 0.25) is 0 Å². The highest BCUT2D eigenvalue weighted by atomic mass is 14.9. The van der Waals surface area contributed by atoms with E-state index in [0.29, 0.717) is 0 Å². The molecule has 2 rings (SSSR count). The van der Waals surface area contributed by atoms with E-state index in [4.69, 9.17) is 0 Å². The topological polar surface area (TPSA) is 17.0 Å². The molecule has 0 spiro atoms. The second-order valence-corrected chi connectivity index (χ2v) is 4.11. The number of rotatable bonds is 4. The van der Waals surface area contributed by atoms with Gasteiger partial charge in [-0.2, -0.15) is 0 Å². The summed E-state index contributed by atoms with van der Waals surface area (Å²) >= 11 is 0. The van der Waals surface area contributed by atoms with E-state index < -0.39 is 0 Å². The Morgan fingerprint density at radius 2 is 2.18 bits per heavy atom. The molecular formula is C15H18N2. The van der Waals surface area contributed by atoms with E-state index in [1.807, 2.05) is 14.0 Å². The van der Waals surface area contributed by atoms with Gasteiger partial charge in [-0.3, -0.25) is 0 Å². The highest BCUT2D eigenvalue weighted by molar-refractivity contribution is 5.80. The van der Waals surface area contributed by atoms with Gasteiger partial charge >= 0.3 is 0 Å². The zero-order valence-electron chi connectivity index (χ0n) is 10.5. The van der Waals surface area contributed by atoms with Gasteiger partial charge in [-0.05, 0) is 43.1 Å². The number of nitrogens with one attached hydrogen (secondary N) is 1. The lowest BCUT2D eigenvalue weighted by molar-refractivity contribution is 0.748. The Bertz CT molecular complexity index is 555. The maximum Gasteiger partial charge on any atom is 0.0480 e. The van der Waals surface area contributed by atoms with Crippen LogP contribution in [0.25, 0.3) is 10.9 Å². The van der Waals surface area contributed by atoms with Gasteiger partial charge in [0, 0.05) is 31.2 Å². The Hall–Kier alpha value is -1.72. The molecule has 0 bridgehead atoms. The van der Waals surface area contributed by atoms with E-state index in [1.54, 1.807) is 0 Å². The summed E-state index contributed by atoms with van der Waals surface area (Å²) in [5, 5.41) is 4.48. The van der Waals surface area contributed by atoms with Crippen LogP contribution in [0.4, 0.5) is 0 Å². The molecule has 0 atom stereocenters. The van der Waals surface area contributed by atoms with Crippen molar-refractivity contribution in [1.82, 2.24) is 9.88 Å². The van der Waals surface area contributed by atoms with Crippen molar-refractivity contribution >= 4 is 10.9 Å². The van der Waals surface area contributed by atoms with Crippen LogP contribution in [-0.2, 0) is 13.1 Å². The average molecular weight is 226 g/mol. The van der Waals surface area contributed by atoms with Gasteiger partial charge in [-0.15, -0.1) is 11.8 Å². The van der Waals surface area contributed by atoms with Crippen molar-refractivity contribution in [1.29, 1.82) is 0 Å². The molecule has 0 fully saturated rings. The molecule has 0 aliphatic carbocycles. The van der Waals surface area contributed by atoms with Crippen LogP contribution in [0.1, 0.15) is 18.9 Å². The summed E-state index contributed by atoms with van der Waals surface area (Å²) in [6.45, 7) is 3.77. The molecule has 0 unspecified atom stereocenters. The maximum absolute atomic E-state index is 3.17. The smallest absolute Gasteiger partial charge is 0.0480 e. The Kier molecular flexibility index (Phi) is 3.85. The predicted octanol–water partition coefficient (Wildman–Crippen LogP) is 2.77. The van der Waals surface area contributed by atoms with Gasteiger partial charge in [0.25, 0.3) is 0 Å². The van der Waals surface area contributed by atoms with E-state index >= 15 is 0 Å². The van der Waals surface area contributed by atoms with E-state index in [9.17, 15) is 0 Å². The van der Waals surface area contributed by atoms with E-state index in [1.165, 1.54) is 16.5 Å². The van der Waals surface area contributed by atoms with Crippen LogP contribution >= 0.6 is 0 Å². The van der Waals surface area contributed by atoms with Crippen molar-refractivity contribution in [2.24, 2.45) is 0 Å². The molecule has 2 aromatic rings. The highest BCUT2D eigenvalue weighted by Crippen LogP contribution is 2.18. The number of hydrogen-bond donors (Lipinski definition) is 1. The zero-order valence-corrected chi connectivity index (χ0v) is 10.5. The number of hydrogen-bond acceptors (Lipinski definition) is 1. The van der Waals surface area contributed by atoms with Crippen LogP contribution in [0.5, 0.6) is 0 Å². The summed E-state index contributed by atoms with van der Waals surface area (Å²) in [5.74, 6) is 6.03. The van der Waals surface area contributed by atoms with Crippen molar-refractivity contribution in [3.63, 3.8) is 0 Å². The third-order valence-electron chi connectivity index (χ3n) is 2.87. The highest BCUT2D eigenvalue weighted by Gasteiger charge is 2.01. The molecular weight excluding hydrogens is 208 g/mol. The van der Waals surface area contributed by atoms with Crippen LogP contribution in [-0.4, -0.2) is 11.6 Å². The molecule has 2 heteroatoms. The fraction of sp³-hybridized carbons (Fsp3) is 0.333. The Labute approximate surface area is 103 Å². The predicted molar refractivity (Wildman–Crippen MR) is 72.8 cm³/mol. The number of aryl methyl sites for hydroxylation is 1. The molecule has 0 amide bonds. The lowest BCUT2D eigenvalue weighted by Crippen LogP contribution is -2.04. The van der Waals surface area contributed by atoms with Gasteiger partial charge in [-0.25, -0.2) is 0 Å². The number of aromatic nitrogens is 1. The van der Waals surface area contributed by atoms with Gasteiger partial charge in [-0.1, -0.05) is 6.07 Å². The Morgan fingerprint density at radius 3 is 2.94 bits per heavy atom. The van der Waals surface area contributed by atoms with Gasteiger partial charge in [0.2, 0.25) is 0 Å². The molecule has 0 saturated carbocycles. The minimum atomic E-state index is 0.915. The molecule has 0 radical (unpaired) electrons. The summed E-state index contributed by atoms with van der Waals surface area (Å²) in [6, 6.07) is 8.80. The van der Waals surface area contributed by atoms with E-state index in [2.05, 4.69) is 52.2 Å². The van der Waals surface area contributed by atoms with Gasteiger partial charge in [0.1, 0.15) is 0 Å². The molecule has 88 valence electrons. The lowest BCUT2D eigenvalue weighted by Gasteiger charge is -2.04. The first-order valence-electron chi connectivity index (χ1n) is 5.97. The lowest BCUT2D eigenvalue weighted by atomic mass is 10.1. The molecule has 1 aromatic carbocycles. The number of benzene rings is 1. The zero-order chi connectivity index (χ0) is 12.1. The van der Waals surface area contributed by atoms with Crippen molar-refractivity contribution in [2.75, 3.05) is 7.05 Å². The van der Waals surface area contributed by atoms with E-state index in [-0.39, 0.29) is 0 Å². The van der Waals surface area contributed by atoms with Gasteiger partial charge in [0.15, 0.2) is 0 Å². The van der Waals surface area contributed by atoms with Crippen LogP contribution in [0, 0.1) is 11.8 Å². The molecule has 0 aliphatic rings. The molecule has 2 nitrogen and oxygen atoms in total. The Balaban J connectivity index is 2.24. The van der Waals surface area contributed by atoms with Gasteiger partial charge in [0.05, 0.1) is 0 Å². The van der Waals surface area contributed by atoms with Crippen molar-refractivity contribution in [3.8, 4) is 11.8 Å². The maximum atomic E-state index is 3.17.